The first kappa shape index (κ1) is 17.7. The normalized spacial score (nSPS) is 15.3. The van der Waals surface area contributed by atoms with Crippen LogP contribution < -0.4 is 11.1 Å². The van der Waals surface area contributed by atoms with Gasteiger partial charge in [-0.3, -0.25) is 14.4 Å². The highest BCUT2D eigenvalue weighted by molar-refractivity contribution is 6.35. The highest BCUT2D eigenvalue weighted by Crippen LogP contribution is 2.04. The number of hydrogen-bond donors (Lipinski definition) is 2. The lowest BCUT2D eigenvalue weighted by atomic mass is 10.3. The molecule has 0 saturated carbocycles. The number of carbonyl (C=O) groups excluding carboxylic acids is 3. The Morgan fingerprint density at radius 3 is 2.42 bits per heavy atom. The number of hydrogen-bond acceptors (Lipinski definition) is 4. The maximum Gasteiger partial charge on any atom is 0.312 e. The van der Waals surface area contributed by atoms with Gasteiger partial charge >= 0.3 is 11.8 Å². The zero-order valence-corrected chi connectivity index (χ0v) is 11.9. The predicted octanol–water partition coefficient (Wildman–Crippen LogP) is -1.44. The average Bonchev–Trinajstić information content (AvgIpc) is 2.36. The van der Waals surface area contributed by atoms with E-state index in [9.17, 15) is 14.4 Å². The lowest BCUT2D eigenvalue weighted by molar-refractivity contribution is -0.156. The van der Waals surface area contributed by atoms with Crippen molar-refractivity contribution in [2.45, 2.75) is 13.3 Å². The summed E-state index contributed by atoms with van der Waals surface area (Å²) in [6.07, 6.45) is 0.697. The number of nitrogens with one attached hydrogen (secondary N) is 1. The van der Waals surface area contributed by atoms with Crippen molar-refractivity contribution in [2.24, 2.45) is 5.73 Å². The van der Waals surface area contributed by atoms with Gasteiger partial charge in [0.1, 0.15) is 6.54 Å². The molecule has 0 unspecified atom stereocenters. The van der Waals surface area contributed by atoms with Crippen molar-refractivity contribution >= 4 is 30.1 Å². The average molecular weight is 293 g/mol. The Labute approximate surface area is 118 Å². The zero-order chi connectivity index (χ0) is 13.5. The third-order valence-corrected chi connectivity index (χ3v) is 2.82. The van der Waals surface area contributed by atoms with Crippen LogP contribution in [0.2, 0.25) is 0 Å². The van der Waals surface area contributed by atoms with Crippen molar-refractivity contribution in [1.82, 2.24) is 15.1 Å². The molecule has 19 heavy (non-hydrogen) atoms. The minimum absolute atomic E-state index is 0. The second kappa shape index (κ2) is 8.71. The van der Waals surface area contributed by atoms with Crippen molar-refractivity contribution < 1.29 is 14.4 Å². The molecule has 0 aliphatic carbocycles. The monoisotopic (exact) mass is 292 g/mol. The molecule has 1 aliphatic rings. The summed E-state index contributed by atoms with van der Waals surface area (Å²) in [7, 11) is 0. The lowest BCUT2D eigenvalue weighted by Crippen LogP contribution is -2.56. The summed E-state index contributed by atoms with van der Waals surface area (Å²) in [4.78, 5) is 37.6. The summed E-state index contributed by atoms with van der Waals surface area (Å²) in [5.74, 6) is -1.38. The molecular weight excluding hydrogens is 272 g/mol. The molecule has 0 aromatic rings. The van der Waals surface area contributed by atoms with Gasteiger partial charge in [-0.15, -0.1) is 12.4 Å². The molecule has 1 aliphatic heterocycles. The van der Waals surface area contributed by atoms with Crippen molar-refractivity contribution in [3.63, 3.8) is 0 Å². The van der Waals surface area contributed by atoms with Crippen LogP contribution in [0.3, 0.4) is 0 Å². The summed E-state index contributed by atoms with van der Waals surface area (Å²) in [6, 6.07) is 0. The first-order valence-electron chi connectivity index (χ1n) is 6.15. The number of amides is 3. The fourth-order valence-corrected chi connectivity index (χ4v) is 1.73. The first-order valence-corrected chi connectivity index (χ1v) is 6.15. The third kappa shape index (κ3) is 5.04. The quantitative estimate of drug-likeness (QED) is 0.463. The van der Waals surface area contributed by atoms with Gasteiger partial charge in [0.2, 0.25) is 5.91 Å². The van der Waals surface area contributed by atoms with Gasteiger partial charge in [0, 0.05) is 26.2 Å². The fourth-order valence-electron chi connectivity index (χ4n) is 1.73. The molecule has 110 valence electrons. The van der Waals surface area contributed by atoms with Gasteiger partial charge < -0.3 is 20.9 Å². The minimum atomic E-state index is -0.600. The summed E-state index contributed by atoms with van der Waals surface area (Å²) in [5.41, 5.74) is 5.30. The summed E-state index contributed by atoms with van der Waals surface area (Å²) >= 11 is 0. The maximum atomic E-state index is 11.7. The molecule has 3 N–H and O–H groups in total. The Balaban J connectivity index is 0.00000324. The molecule has 0 radical (unpaired) electrons. The van der Waals surface area contributed by atoms with Crippen LogP contribution in [0.1, 0.15) is 13.3 Å². The van der Waals surface area contributed by atoms with Gasteiger partial charge in [0.25, 0.3) is 0 Å². The van der Waals surface area contributed by atoms with E-state index in [1.54, 1.807) is 0 Å². The highest BCUT2D eigenvalue weighted by atomic mass is 35.5. The molecule has 1 fully saturated rings. The number of rotatable bonds is 6. The van der Waals surface area contributed by atoms with Crippen LogP contribution in [0.15, 0.2) is 0 Å². The Bertz CT molecular complexity index is 338. The molecule has 7 nitrogen and oxygen atoms in total. The van der Waals surface area contributed by atoms with Crippen LogP contribution in [0, 0.1) is 0 Å². The van der Waals surface area contributed by atoms with E-state index >= 15 is 0 Å². The van der Waals surface area contributed by atoms with Crippen LogP contribution in [-0.4, -0.2) is 66.8 Å². The SMILES string of the molecule is CCN1CCN(CC(=O)NCCCN)C(=O)C1=O.Cl. The number of halogens is 1. The summed E-state index contributed by atoms with van der Waals surface area (Å²) in [6.45, 7) is 4.16. The molecule has 1 rings (SSSR count). The highest BCUT2D eigenvalue weighted by Gasteiger charge is 2.32. The molecule has 8 heteroatoms. The number of nitrogens with two attached hydrogens (primary N) is 1. The van der Waals surface area contributed by atoms with Crippen molar-refractivity contribution in [1.29, 1.82) is 0 Å². The van der Waals surface area contributed by atoms with Crippen LogP contribution in [-0.2, 0) is 14.4 Å². The molecule has 0 spiro atoms. The van der Waals surface area contributed by atoms with Crippen molar-refractivity contribution in [3.8, 4) is 0 Å². The molecule has 0 aromatic heterocycles. The summed E-state index contributed by atoms with van der Waals surface area (Å²) < 4.78 is 0. The zero-order valence-electron chi connectivity index (χ0n) is 11.1. The molecule has 1 saturated heterocycles. The van der Waals surface area contributed by atoms with E-state index in [4.69, 9.17) is 5.73 Å². The topological polar surface area (TPSA) is 95.7 Å². The van der Waals surface area contributed by atoms with E-state index < -0.39 is 11.8 Å². The van der Waals surface area contributed by atoms with Crippen LogP contribution >= 0.6 is 12.4 Å². The second-order valence-electron chi connectivity index (χ2n) is 4.10. The lowest BCUT2D eigenvalue weighted by Gasteiger charge is -2.32. The second-order valence-corrected chi connectivity index (χ2v) is 4.10. The minimum Gasteiger partial charge on any atom is -0.355 e. The van der Waals surface area contributed by atoms with E-state index in [-0.39, 0.29) is 24.9 Å². The van der Waals surface area contributed by atoms with E-state index in [1.807, 2.05) is 6.92 Å². The number of piperazine rings is 1. The van der Waals surface area contributed by atoms with Gasteiger partial charge in [-0.05, 0) is 19.9 Å². The molecule has 1 heterocycles. The van der Waals surface area contributed by atoms with Crippen molar-refractivity contribution in [2.75, 3.05) is 39.3 Å². The van der Waals surface area contributed by atoms with Gasteiger partial charge in [-0.25, -0.2) is 0 Å². The Morgan fingerprint density at radius 1 is 1.26 bits per heavy atom. The molecule has 0 atom stereocenters. The molecular formula is C11H21ClN4O3. The van der Waals surface area contributed by atoms with E-state index in [1.165, 1.54) is 9.80 Å². The van der Waals surface area contributed by atoms with E-state index in [0.717, 1.165) is 0 Å². The maximum absolute atomic E-state index is 11.7. The Hall–Kier alpha value is -1.34. The van der Waals surface area contributed by atoms with E-state index in [0.29, 0.717) is 39.1 Å². The molecule has 0 aromatic carbocycles. The van der Waals surface area contributed by atoms with Crippen molar-refractivity contribution in [3.05, 3.63) is 0 Å². The van der Waals surface area contributed by atoms with Crippen LogP contribution in [0.25, 0.3) is 0 Å². The van der Waals surface area contributed by atoms with Gasteiger partial charge in [-0.2, -0.15) is 0 Å². The molecule has 0 bridgehead atoms. The first-order chi connectivity index (χ1) is 8.60. The van der Waals surface area contributed by atoms with Crippen LogP contribution in [0.4, 0.5) is 0 Å². The van der Waals surface area contributed by atoms with E-state index in [2.05, 4.69) is 5.32 Å². The Morgan fingerprint density at radius 2 is 1.84 bits per heavy atom. The predicted molar refractivity (Wildman–Crippen MR) is 72.8 cm³/mol. The third-order valence-electron chi connectivity index (χ3n) is 2.82. The smallest absolute Gasteiger partial charge is 0.312 e. The number of likely N-dealkylation sites (N-methyl/N-ethyl adjacent to an activating group) is 1. The molecule has 3 amide bonds. The van der Waals surface area contributed by atoms with Gasteiger partial charge in [0.15, 0.2) is 0 Å². The van der Waals surface area contributed by atoms with Gasteiger partial charge in [-0.1, -0.05) is 0 Å². The Kier molecular flexibility index (Phi) is 8.09. The number of nitrogens with zero attached hydrogens (tertiary/aromatic N) is 2. The largest absolute Gasteiger partial charge is 0.355 e. The fraction of sp³-hybridized carbons (Fsp3) is 0.727. The van der Waals surface area contributed by atoms with Crippen LogP contribution in [0.5, 0.6) is 0 Å². The standard InChI is InChI=1S/C11H20N4O3.ClH/c1-2-14-6-7-15(11(18)10(14)17)8-9(16)13-5-3-4-12;/h2-8,12H2,1H3,(H,13,16);1H. The van der Waals surface area contributed by atoms with Gasteiger partial charge in [0.05, 0.1) is 0 Å². The summed E-state index contributed by atoms with van der Waals surface area (Å²) in [5, 5.41) is 2.65. The number of carbonyl (C=O) groups is 3.